The number of nitrogens with zero attached hydrogens (tertiary/aromatic N) is 2. The Morgan fingerprint density at radius 2 is 1.82 bits per heavy atom. The summed E-state index contributed by atoms with van der Waals surface area (Å²) in [7, 11) is 0. The van der Waals surface area contributed by atoms with Crippen LogP contribution in [0.1, 0.15) is 23.0 Å². The second-order valence-corrected chi connectivity index (χ2v) is 5.76. The number of rotatable bonds is 1. The van der Waals surface area contributed by atoms with E-state index in [-0.39, 0.29) is 12.0 Å². The Morgan fingerprint density at radius 3 is 2.59 bits per heavy atom. The van der Waals surface area contributed by atoms with Crippen molar-refractivity contribution < 1.29 is 4.39 Å². The molecule has 110 valence electrons. The van der Waals surface area contributed by atoms with E-state index in [9.17, 15) is 4.39 Å². The number of aromatic nitrogens is 2. The number of anilines is 1. The smallest absolute Gasteiger partial charge is 0.147 e. The molecule has 3 aromatic rings. The topological polar surface area (TPSA) is 29.9 Å². The van der Waals surface area contributed by atoms with Crippen molar-refractivity contribution in [1.82, 2.24) is 9.78 Å². The van der Waals surface area contributed by atoms with Crippen LogP contribution in [-0.2, 0) is 0 Å². The van der Waals surface area contributed by atoms with E-state index in [2.05, 4.69) is 41.6 Å². The third kappa shape index (κ3) is 1.99. The highest BCUT2D eigenvalue weighted by molar-refractivity contribution is 5.79. The number of nitrogens with one attached hydrogen (secondary N) is 1. The fraction of sp³-hybridized carbons (Fsp3) is 0.167. The lowest BCUT2D eigenvalue weighted by Crippen LogP contribution is -2.25. The van der Waals surface area contributed by atoms with Crippen molar-refractivity contribution in [3.63, 3.8) is 0 Å². The molecule has 2 aromatic carbocycles. The van der Waals surface area contributed by atoms with Crippen molar-refractivity contribution in [2.45, 2.75) is 20.0 Å². The molecule has 0 bridgehead atoms. The molecule has 1 aliphatic rings. The van der Waals surface area contributed by atoms with Gasteiger partial charge in [-0.3, -0.25) is 0 Å². The van der Waals surface area contributed by atoms with Gasteiger partial charge >= 0.3 is 0 Å². The first kappa shape index (κ1) is 13.1. The van der Waals surface area contributed by atoms with E-state index in [0.717, 1.165) is 28.2 Å². The highest BCUT2D eigenvalue weighted by Crippen LogP contribution is 2.38. The van der Waals surface area contributed by atoms with Gasteiger partial charge in [-0.25, -0.2) is 9.07 Å². The van der Waals surface area contributed by atoms with Crippen molar-refractivity contribution >= 4 is 5.69 Å². The van der Waals surface area contributed by atoms with Crippen molar-refractivity contribution in [3.8, 4) is 11.3 Å². The quantitative estimate of drug-likeness (QED) is 0.726. The van der Waals surface area contributed by atoms with Gasteiger partial charge in [0.25, 0.3) is 0 Å². The van der Waals surface area contributed by atoms with E-state index in [4.69, 9.17) is 0 Å². The Bertz CT molecular complexity index is 849. The van der Waals surface area contributed by atoms with Gasteiger partial charge in [0.1, 0.15) is 12.0 Å². The molecular weight excluding hydrogens is 277 g/mol. The van der Waals surface area contributed by atoms with Crippen LogP contribution < -0.4 is 5.32 Å². The molecule has 0 spiro atoms. The van der Waals surface area contributed by atoms with Gasteiger partial charge in [0.05, 0.1) is 11.4 Å². The zero-order chi connectivity index (χ0) is 15.3. The maximum absolute atomic E-state index is 13.2. The molecule has 0 radical (unpaired) electrons. The van der Waals surface area contributed by atoms with Crippen LogP contribution in [0.5, 0.6) is 0 Å². The monoisotopic (exact) mass is 293 g/mol. The average Bonchev–Trinajstić information content (AvgIpc) is 2.89. The third-order valence-electron chi connectivity index (χ3n) is 4.03. The summed E-state index contributed by atoms with van der Waals surface area (Å²) in [5, 5.41) is 8.13. The standard InChI is InChI=1S/C18H16FN3/c1-11-3-8-16-15(9-11)17-10-12(2)21-22(17)18(20-16)13-4-6-14(19)7-5-13/h3-10,18,20H,1-2H3/t18-/m0/s1. The van der Waals surface area contributed by atoms with Crippen LogP contribution in [0.15, 0.2) is 48.5 Å². The van der Waals surface area contributed by atoms with Gasteiger partial charge in [-0.1, -0.05) is 23.8 Å². The lowest BCUT2D eigenvalue weighted by molar-refractivity contribution is 0.568. The van der Waals surface area contributed by atoms with Crippen molar-refractivity contribution in [3.05, 3.63) is 71.2 Å². The molecule has 0 saturated carbocycles. The molecule has 4 heteroatoms. The normalized spacial score (nSPS) is 15.9. The fourth-order valence-corrected chi connectivity index (χ4v) is 2.99. The maximum Gasteiger partial charge on any atom is 0.147 e. The van der Waals surface area contributed by atoms with Crippen LogP contribution >= 0.6 is 0 Å². The summed E-state index contributed by atoms with van der Waals surface area (Å²) >= 11 is 0. The molecule has 1 atom stereocenters. The Labute approximate surface area is 128 Å². The molecular formula is C18H16FN3. The van der Waals surface area contributed by atoms with Gasteiger partial charge in [-0.15, -0.1) is 0 Å². The van der Waals surface area contributed by atoms with Crippen LogP contribution in [0.2, 0.25) is 0 Å². The molecule has 0 saturated heterocycles. The van der Waals surface area contributed by atoms with Crippen LogP contribution in [0.4, 0.5) is 10.1 Å². The largest absolute Gasteiger partial charge is 0.359 e. The van der Waals surface area contributed by atoms with E-state index >= 15 is 0 Å². The minimum atomic E-state index is -0.229. The maximum atomic E-state index is 13.2. The molecule has 1 aliphatic heterocycles. The highest BCUT2D eigenvalue weighted by atomic mass is 19.1. The summed E-state index contributed by atoms with van der Waals surface area (Å²) in [5.41, 5.74) is 6.48. The van der Waals surface area contributed by atoms with Gasteiger partial charge in [0.15, 0.2) is 0 Å². The lowest BCUT2D eigenvalue weighted by atomic mass is 10.0. The highest BCUT2D eigenvalue weighted by Gasteiger charge is 2.26. The number of halogens is 1. The Hall–Kier alpha value is -2.62. The molecule has 1 N–H and O–H groups in total. The molecule has 3 nitrogen and oxygen atoms in total. The Kier molecular flexibility index (Phi) is 2.79. The first-order chi connectivity index (χ1) is 10.6. The number of benzene rings is 2. The van der Waals surface area contributed by atoms with Crippen LogP contribution in [-0.4, -0.2) is 9.78 Å². The van der Waals surface area contributed by atoms with Crippen molar-refractivity contribution in [2.24, 2.45) is 0 Å². The second kappa shape index (κ2) is 4.70. The first-order valence-electron chi connectivity index (χ1n) is 7.31. The summed E-state index contributed by atoms with van der Waals surface area (Å²) in [6, 6.07) is 15.0. The molecule has 0 amide bonds. The summed E-state index contributed by atoms with van der Waals surface area (Å²) in [6.45, 7) is 4.07. The Morgan fingerprint density at radius 1 is 1.05 bits per heavy atom. The molecule has 2 heterocycles. The predicted octanol–water partition coefficient (Wildman–Crippen LogP) is 4.28. The van der Waals surface area contributed by atoms with E-state index in [1.54, 1.807) is 12.1 Å². The minimum Gasteiger partial charge on any atom is -0.359 e. The molecule has 0 fully saturated rings. The number of hydrogen-bond acceptors (Lipinski definition) is 2. The van der Waals surface area contributed by atoms with Crippen molar-refractivity contribution in [1.29, 1.82) is 0 Å². The van der Waals surface area contributed by atoms with E-state index < -0.39 is 0 Å². The molecule has 4 rings (SSSR count). The fourth-order valence-electron chi connectivity index (χ4n) is 2.99. The number of hydrogen-bond donors (Lipinski definition) is 1. The van der Waals surface area contributed by atoms with Crippen molar-refractivity contribution in [2.75, 3.05) is 5.32 Å². The van der Waals surface area contributed by atoms with Gasteiger partial charge in [-0.05, 0) is 49.7 Å². The first-order valence-corrected chi connectivity index (χ1v) is 7.31. The Balaban J connectivity index is 1.90. The average molecular weight is 293 g/mol. The minimum absolute atomic E-state index is 0.125. The summed E-state index contributed by atoms with van der Waals surface area (Å²) < 4.78 is 15.2. The predicted molar refractivity (Wildman–Crippen MR) is 85.3 cm³/mol. The summed E-state index contributed by atoms with van der Waals surface area (Å²) in [4.78, 5) is 0. The van der Waals surface area contributed by atoms with Gasteiger partial charge < -0.3 is 5.32 Å². The van der Waals surface area contributed by atoms with E-state index in [0.29, 0.717) is 0 Å². The van der Waals surface area contributed by atoms with E-state index in [1.807, 2.05) is 11.6 Å². The second-order valence-electron chi connectivity index (χ2n) is 5.76. The molecule has 0 unspecified atom stereocenters. The van der Waals surface area contributed by atoms with Crippen LogP contribution in [0.3, 0.4) is 0 Å². The molecule has 1 aromatic heterocycles. The summed E-state index contributed by atoms with van der Waals surface area (Å²) in [6.07, 6.45) is -0.125. The van der Waals surface area contributed by atoms with Crippen LogP contribution in [0, 0.1) is 19.7 Å². The van der Waals surface area contributed by atoms with Gasteiger partial charge in [0, 0.05) is 11.3 Å². The van der Waals surface area contributed by atoms with Gasteiger partial charge in [-0.2, -0.15) is 5.10 Å². The summed E-state index contributed by atoms with van der Waals surface area (Å²) in [5.74, 6) is -0.229. The SMILES string of the molecule is Cc1ccc2c(c1)-c1cc(C)nn1[C@@H](c1ccc(F)cc1)N2. The van der Waals surface area contributed by atoms with Crippen LogP contribution in [0.25, 0.3) is 11.3 Å². The molecule has 0 aliphatic carbocycles. The number of aryl methyl sites for hydroxylation is 2. The van der Waals surface area contributed by atoms with Gasteiger partial charge in [0.2, 0.25) is 0 Å². The zero-order valence-electron chi connectivity index (χ0n) is 12.5. The third-order valence-corrected chi connectivity index (χ3v) is 4.03. The van der Waals surface area contributed by atoms with E-state index in [1.165, 1.54) is 17.7 Å². The molecule has 22 heavy (non-hydrogen) atoms. The number of fused-ring (bicyclic) bond motifs is 3. The zero-order valence-corrected chi connectivity index (χ0v) is 12.5. The lowest BCUT2D eigenvalue weighted by Gasteiger charge is -2.29.